The van der Waals surface area contributed by atoms with Crippen molar-refractivity contribution in [1.82, 2.24) is 14.5 Å². The zero-order valence-electron chi connectivity index (χ0n) is 17.6. The molecule has 152 valence electrons. The number of hydrogen-bond acceptors (Lipinski definition) is 3. The molecular weight excluding hydrogens is 350 g/mol. The summed E-state index contributed by atoms with van der Waals surface area (Å²) >= 11 is 0. The van der Waals surface area contributed by atoms with E-state index in [0.717, 1.165) is 37.9 Å². The molecule has 0 aliphatic heterocycles. The van der Waals surface area contributed by atoms with Crippen molar-refractivity contribution in [3.63, 3.8) is 0 Å². The zero-order valence-corrected chi connectivity index (χ0v) is 17.6. The summed E-state index contributed by atoms with van der Waals surface area (Å²) in [5.74, 6) is 1.44. The molecule has 0 N–H and O–H groups in total. The molecule has 1 aromatic heterocycles. The molecule has 3 rings (SSSR count). The predicted octanol–water partition coefficient (Wildman–Crippen LogP) is 4.54. The normalized spacial score (nSPS) is 16.0. The van der Waals surface area contributed by atoms with Crippen molar-refractivity contribution in [3.8, 4) is 0 Å². The maximum absolute atomic E-state index is 13.4. The molecule has 0 spiro atoms. The first kappa shape index (κ1) is 20.6. The molecule has 1 aromatic carbocycles. The van der Waals surface area contributed by atoms with Crippen molar-refractivity contribution in [2.24, 2.45) is 11.8 Å². The molecule has 1 saturated carbocycles. The highest BCUT2D eigenvalue weighted by atomic mass is 16.2. The van der Waals surface area contributed by atoms with Crippen LogP contribution in [0.25, 0.3) is 10.9 Å². The van der Waals surface area contributed by atoms with Crippen molar-refractivity contribution in [2.75, 3.05) is 6.54 Å². The minimum atomic E-state index is -0.173. The second kappa shape index (κ2) is 8.89. The van der Waals surface area contributed by atoms with E-state index in [-0.39, 0.29) is 23.4 Å². The Bertz CT molecular complexity index is 881. The number of hydrogen-bond donors (Lipinski definition) is 0. The Hall–Kier alpha value is -2.17. The van der Waals surface area contributed by atoms with Gasteiger partial charge in [-0.15, -0.1) is 0 Å². The zero-order chi connectivity index (χ0) is 20.3. The Kier molecular flexibility index (Phi) is 6.53. The number of aromatic nitrogens is 2. The van der Waals surface area contributed by atoms with Crippen LogP contribution in [0.2, 0.25) is 0 Å². The molecule has 0 bridgehead atoms. The third-order valence-corrected chi connectivity index (χ3v) is 5.82. The standard InChI is InChI=1S/C23H33N3O2/c1-5-20(26(15-16(3)4)22(27)17-11-7-8-12-17)21-24-19-14-10-9-13-18(19)23(28)25(21)6-2/h9-10,13-14,16-17,20H,5-8,11-12,15H2,1-4H3. The van der Waals surface area contributed by atoms with Crippen LogP contribution < -0.4 is 5.56 Å². The topological polar surface area (TPSA) is 55.2 Å². The highest BCUT2D eigenvalue weighted by Crippen LogP contribution is 2.32. The molecule has 5 nitrogen and oxygen atoms in total. The number of benzene rings is 1. The van der Waals surface area contributed by atoms with Gasteiger partial charge in [-0.25, -0.2) is 4.98 Å². The minimum absolute atomic E-state index is 0.0145. The van der Waals surface area contributed by atoms with E-state index in [9.17, 15) is 9.59 Å². The maximum atomic E-state index is 13.4. The molecule has 1 atom stereocenters. The number of carbonyl (C=O) groups excluding carboxylic acids is 1. The van der Waals surface area contributed by atoms with Crippen molar-refractivity contribution in [1.29, 1.82) is 0 Å². The lowest BCUT2D eigenvalue weighted by Gasteiger charge is -2.35. The largest absolute Gasteiger partial charge is 0.332 e. The van der Waals surface area contributed by atoms with E-state index >= 15 is 0 Å². The van der Waals surface area contributed by atoms with Gasteiger partial charge < -0.3 is 4.90 Å². The Morgan fingerprint density at radius 1 is 1.21 bits per heavy atom. The van der Waals surface area contributed by atoms with Gasteiger partial charge in [0.25, 0.3) is 5.56 Å². The Morgan fingerprint density at radius 2 is 1.89 bits per heavy atom. The summed E-state index contributed by atoms with van der Waals surface area (Å²) in [5, 5.41) is 0.639. The van der Waals surface area contributed by atoms with Gasteiger partial charge in [0.1, 0.15) is 5.82 Å². The van der Waals surface area contributed by atoms with Crippen LogP contribution in [0.3, 0.4) is 0 Å². The number of rotatable bonds is 7. The van der Waals surface area contributed by atoms with Crippen molar-refractivity contribution in [2.45, 2.75) is 72.4 Å². The third-order valence-electron chi connectivity index (χ3n) is 5.82. The first-order valence-electron chi connectivity index (χ1n) is 10.8. The van der Waals surface area contributed by atoms with Gasteiger partial charge >= 0.3 is 0 Å². The number of fused-ring (bicyclic) bond motifs is 1. The third kappa shape index (κ3) is 3.98. The molecular formula is C23H33N3O2. The fourth-order valence-corrected chi connectivity index (χ4v) is 4.46. The summed E-state index contributed by atoms with van der Waals surface area (Å²) in [4.78, 5) is 33.4. The molecule has 1 unspecified atom stereocenters. The van der Waals surface area contributed by atoms with Crippen LogP contribution in [0.1, 0.15) is 71.7 Å². The first-order valence-corrected chi connectivity index (χ1v) is 10.8. The lowest BCUT2D eigenvalue weighted by molar-refractivity contribution is -0.139. The lowest BCUT2D eigenvalue weighted by Crippen LogP contribution is -2.43. The monoisotopic (exact) mass is 383 g/mol. The van der Waals surface area contributed by atoms with E-state index < -0.39 is 0 Å². The minimum Gasteiger partial charge on any atom is -0.332 e. The van der Waals surface area contributed by atoms with Crippen LogP contribution in [0.15, 0.2) is 29.1 Å². The number of carbonyl (C=O) groups is 1. The second-order valence-electron chi connectivity index (χ2n) is 8.33. The molecule has 1 amide bonds. The molecule has 0 radical (unpaired) electrons. The average Bonchev–Trinajstić information content (AvgIpc) is 3.22. The molecule has 1 aliphatic rings. The molecule has 0 saturated heterocycles. The summed E-state index contributed by atoms with van der Waals surface area (Å²) < 4.78 is 1.76. The van der Waals surface area contributed by atoms with Gasteiger partial charge in [0.05, 0.1) is 16.9 Å². The summed E-state index contributed by atoms with van der Waals surface area (Å²) in [6.07, 6.45) is 4.98. The number of para-hydroxylation sites is 1. The molecule has 1 heterocycles. The highest BCUT2D eigenvalue weighted by Gasteiger charge is 2.33. The average molecular weight is 384 g/mol. The van der Waals surface area contributed by atoms with E-state index in [2.05, 4.69) is 20.8 Å². The smallest absolute Gasteiger partial charge is 0.261 e. The molecule has 5 heteroatoms. The Morgan fingerprint density at radius 3 is 2.50 bits per heavy atom. The van der Waals surface area contributed by atoms with Gasteiger partial charge in [0.2, 0.25) is 5.91 Å². The quantitative estimate of drug-likeness (QED) is 0.705. The Balaban J connectivity index is 2.10. The SMILES string of the molecule is CCC(c1nc2ccccc2c(=O)n1CC)N(CC(C)C)C(=O)C1CCCC1. The summed E-state index contributed by atoms with van der Waals surface area (Å²) in [7, 11) is 0. The van der Waals surface area contributed by atoms with Crippen LogP contribution in [0.5, 0.6) is 0 Å². The fraction of sp³-hybridized carbons (Fsp3) is 0.609. The summed E-state index contributed by atoms with van der Waals surface area (Å²) in [6.45, 7) is 9.58. The molecule has 1 aliphatic carbocycles. The number of amides is 1. The molecule has 28 heavy (non-hydrogen) atoms. The van der Waals surface area contributed by atoms with Gasteiger partial charge in [-0.3, -0.25) is 14.2 Å². The van der Waals surface area contributed by atoms with Gasteiger partial charge in [-0.1, -0.05) is 45.7 Å². The fourth-order valence-electron chi connectivity index (χ4n) is 4.46. The van der Waals surface area contributed by atoms with Crippen LogP contribution in [-0.4, -0.2) is 26.9 Å². The van der Waals surface area contributed by atoms with E-state index in [4.69, 9.17) is 4.98 Å². The molecule has 1 fully saturated rings. The van der Waals surface area contributed by atoms with Gasteiger partial charge in [0, 0.05) is 19.0 Å². The second-order valence-corrected chi connectivity index (χ2v) is 8.33. The van der Waals surface area contributed by atoms with Gasteiger partial charge in [-0.05, 0) is 44.2 Å². The first-order chi connectivity index (χ1) is 13.5. The van der Waals surface area contributed by atoms with E-state index in [1.165, 1.54) is 0 Å². The summed E-state index contributed by atoms with van der Waals surface area (Å²) in [6, 6.07) is 7.32. The van der Waals surface area contributed by atoms with Crippen LogP contribution in [-0.2, 0) is 11.3 Å². The van der Waals surface area contributed by atoms with Gasteiger partial charge in [-0.2, -0.15) is 0 Å². The summed E-state index contributed by atoms with van der Waals surface area (Å²) in [5.41, 5.74) is 0.697. The van der Waals surface area contributed by atoms with E-state index in [0.29, 0.717) is 29.9 Å². The van der Waals surface area contributed by atoms with E-state index in [1.54, 1.807) is 4.57 Å². The van der Waals surface area contributed by atoms with Crippen LogP contribution >= 0.6 is 0 Å². The van der Waals surface area contributed by atoms with Gasteiger partial charge in [0.15, 0.2) is 0 Å². The van der Waals surface area contributed by atoms with Crippen molar-refractivity contribution >= 4 is 16.8 Å². The van der Waals surface area contributed by atoms with Crippen molar-refractivity contribution < 1.29 is 4.79 Å². The number of nitrogens with zero attached hydrogens (tertiary/aromatic N) is 3. The highest BCUT2D eigenvalue weighted by molar-refractivity contribution is 5.80. The lowest BCUT2D eigenvalue weighted by atomic mass is 10.0. The van der Waals surface area contributed by atoms with Crippen LogP contribution in [0, 0.1) is 11.8 Å². The predicted molar refractivity (Wildman–Crippen MR) is 113 cm³/mol. The van der Waals surface area contributed by atoms with E-state index in [1.807, 2.05) is 36.1 Å². The Labute approximate surface area is 167 Å². The molecule has 2 aromatic rings. The maximum Gasteiger partial charge on any atom is 0.261 e. The van der Waals surface area contributed by atoms with Crippen molar-refractivity contribution in [3.05, 3.63) is 40.4 Å². The van der Waals surface area contributed by atoms with Crippen LogP contribution in [0.4, 0.5) is 0 Å².